The van der Waals surface area contributed by atoms with Gasteiger partial charge in [-0.1, -0.05) is 35.5 Å². The predicted octanol–water partition coefficient (Wildman–Crippen LogP) is 2.27. The van der Waals surface area contributed by atoms with Gasteiger partial charge in [0, 0.05) is 5.02 Å². The number of aromatic nitrogens is 3. The smallest absolute Gasteiger partial charge is 0.243 e. The summed E-state index contributed by atoms with van der Waals surface area (Å²) in [7, 11) is 0. The Hall–Kier alpha value is -1.53. The van der Waals surface area contributed by atoms with E-state index in [-0.39, 0.29) is 12.3 Å². The first-order chi connectivity index (χ1) is 9.10. The Morgan fingerprint density at radius 3 is 2.68 bits per heavy atom. The number of hydrogen-bond acceptors (Lipinski definition) is 4. The fraction of sp³-hybridized carbons (Fsp3) is 0.250. The molecule has 0 spiro atoms. The number of thioether (sulfide) groups is 1. The Kier molecular flexibility index (Phi) is 4.44. The summed E-state index contributed by atoms with van der Waals surface area (Å²) >= 11 is 7.22. The molecular formula is C12H13ClN4OS. The van der Waals surface area contributed by atoms with E-state index in [9.17, 15) is 4.79 Å². The minimum absolute atomic E-state index is 0.125. The molecule has 0 aliphatic carbocycles. The number of carbonyl (C=O) groups excluding carboxylic acids is 1. The van der Waals surface area contributed by atoms with E-state index in [2.05, 4.69) is 15.6 Å². The van der Waals surface area contributed by atoms with Crippen LogP contribution in [-0.2, 0) is 11.2 Å². The van der Waals surface area contributed by atoms with Crippen LogP contribution in [0.5, 0.6) is 0 Å². The number of halogens is 1. The third-order valence-corrected chi connectivity index (χ3v) is 3.37. The normalized spacial score (nSPS) is 10.5. The van der Waals surface area contributed by atoms with Crippen LogP contribution in [0.2, 0.25) is 5.02 Å². The fourth-order valence-corrected chi connectivity index (χ4v) is 2.16. The van der Waals surface area contributed by atoms with Gasteiger partial charge in [0.25, 0.3) is 0 Å². The van der Waals surface area contributed by atoms with Gasteiger partial charge in [-0.25, -0.2) is 4.68 Å². The highest BCUT2D eigenvalue weighted by atomic mass is 35.5. The molecule has 0 saturated carbocycles. The van der Waals surface area contributed by atoms with Crippen molar-refractivity contribution >= 4 is 29.3 Å². The Morgan fingerprint density at radius 1 is 1.37 bits per heavy atom. The van der Waals surface area contributed by atoms with Gasteiger partial charge < -0.3 is 0 Å². The number of nitrogens with one attached hydrogen (secondary N) is 1. The summed E-state index contributed by atoms with van der Waals surface area (Å²) in [5.41, 5.74) is 3.67. The molecule has 0 unspecified atom stereocenters. The first-order valence-electron chi connectivity index (χ1n) is 5.60. The van der Waals surface area contributed by atoms with Crippen LogP contribution >= 0.6 is 23.4 Å². The number of nitrogens with zero attached hydrogens (tertiary/aromatic N) is 3. The Balaban J connectivity index is 2.05. The summed E-state index contributed by atoms with van der Waals surface area (Å²) < 4.78 is 1.59. The van der Waals surface area contributed by atoms with Crippen molar-refractivity contribution in [2.24, 2.45) is 0 Å². The fourth-order valence-electron chi connectivity index (χ4n) is 1.56. The highest BCUT2D eigenvalue weighted by Gasteiger charge is 2.11. The standard InChI is InChI=1S/C12H13ClN4OS/c1-8-14-15-12(19-2)17(8)16-11(18)7-9-3-5-10(13)6-4-9/h3-6H,7H2,1-2H3,(H,16,18). The molecule has 0 aliphatic heterocycles. The topological polar surface area (TPSA) is 59.8 Å². The maximum Gasteiger partial charge on any atom is 0.243 e. The molecule has 0 fully saturated rings. The third-order valence-electron chi connectivity index (χ3n) is 2.49. The molecule has 100 valence electrons. The van der Waals surface area contributed by atoms with Crippen LogP contribution < -0.4 is 5.43 Å². The van der Waals surface area contributed by atoms with Gasteiger partial charge in [0.2, 0.25) is 11.1 Å². The Morgan fingerprint density at radius 2 is 2.05 bits per heavy atom. The minimum Gasteiger partial charge on any atom is -0.273 e. The van der Waals surface area contributed by atoms with E-state index < -0.39 is 0 Å². The summed E-state index contributed by atoms with van der Waals surface area (Å²) in [6.07, 6.45) is 2.16. The van der Waals surface area contributed by atoms with E-state index in [1.807, 2.05) is 18.4 Å². The van der Waals surface area contributed by atoms with Crippen LogP contribution in [0.4, 0.5) is 0 Å². The molecule has 0 aliphatic rings. The van der Waals surface area contributed by atoms with Gasteiger partial charge in [-0.05, 0) is 30.9 Å². The van der Waals surface area contributed by atoms with Crippen LogP contribution in [0.25, 0.3) is 0 Å². The maximum atomic E-state index is 12.0. The zero-order chi connectivity index (χ0) is 13.8. The average Bonchev–Trinajstić information content (AvgIpc) is 2.73. The number of benzene rings is 1. The van der Waals surface area contributed by atoms with Crippen molar-refractivity contribution in [1.82, 2.24) is 14.9 Å². The minimum atomic E-state index is -0.125. The summed E-state index contributed by atoms with van der Waals surface area (Å²) in [5, 5.41) is 9.18. The summed E-state index contributed by atoms with van der Waals surface area (Å²) in [5.74, 6) is 0.523. The highest BCUT2D eigenvalue weighted by molar-refractivity contribution is 7.98. The van der Waals surface area contributed by atoms with E-state index in [0.29, 0.717) is 16.0 Å². The average molecular weight is 297 g/mol. The molecule has 19 heavy (non-hydrogen) atoms. The number of carbonyl (C=O) groups is 1. The van der Waals surface area contributed by atoms with Crippen molar-refractivity contribution in [3.63, 3.8) is 0 Å². The molecule has 1 aromatic heterocycles. The molecule has 0 radical (unpaired) electrons. The molecule has 0 saturated heterocycles. The maximum absolute atomic E-state index is 12.0. The third kappa shape index (κ3) is 3.48. The Labute approximate surface area is 120 Å². The lowest BCUT2D eigenvalue weighted by Crippen LogP contribution is -2.26. The zero-order valence-corrected chi connectivity index (χ0v) is 12.1. The van der Waals surface area contributed by atoms with Gasteiger partial charge in [0.15, 0.2) is 0 Å². The molecule has 1 amide bonds. The molecule has 5 nitrogen and oxygen atoms in total. The van der Waals surface area contributed by atoms with Crippen molar-refractivity contribution in [1.29, 1.82) is 0 Å². The molecule has 1 N–H and O–H groups in total. The highest BCUT2D eigenvalue weighted by Crippen LogP contribution is 2.12. The van der Waals surface area contributed by atoms with Crippen LogP contribution in [0, 0.1) is 6.92 Å². The molecule has 2 rings (SSSR count). The lowest BCUT2D eigenvalue weighted by atomic mass is 10.1. The van der Waals surface area contributed by atoms with E-state index in [0.717, 1.165) is 5.56 Å². The van der Waals surface area contributed by atoms with Gasteiger partial charge in [0.05, 0.1) is 6.42 Å². The van der Waals surface area contributed by atoms with Crippen LogP contribution in [0.3, 0.4) is 0 Å². The second-order valence-corrected chi connectivity index (χ2v) is 5.12. The van der Waals surface area contributed by atoms with Crippen LogP contribution in [-0.4, -0.2) is 27.0 Å². The van der Waals surface area contributed by atoms with Gasteiger partial charge in [0.1, 0.15) is 5.82 Å². The Bertz CT molecular complexity index is 582. The van der Waals surface area contributed by atoms with Crippen molar-refractivity contribution in [3.05, 3.63) is 40.7 Å². The van der Waals surface area contributed by atoms with Crippen LogP contribution in [0.15, 0.2) is 29.4 Å². The van der Waals surface area contributed by atoms with Gasteiger partial charge in [-0.2, -0.15) is 0 Å². The summed E-state index contributed by atoms with van der Waals surface area (Å²) in [6, 6.07) is 7.19. The first kappa shape index (κ1) is 13.9. The zero-order valence-electron chi connectivity index (χ0n) is 10.6. The number of amides is 1. The summed E-state index contributed by atoms with van der Waals surface area (Å²) in [6.45, 7) is 1.79. The van der Waals surface area contributed by atoms with E-state index >= 15 is 0 Å². The molecule has 1 aromatic carbocycles. The SMILES string of the molecule is CSc1nnc(C)n1NC(=O)Cc1ccc(Cl)cc1. The van der Waals surface area contributed by atoms with Crippen LogP contribution in [0.1, 0.15) is 11.4 Å². The molecule has 2 aromatic rings. The first-order valence-corrected chi connectivity index (χ1v) is 7.20. The van der Waals surface area contributed by atoms with Gasteiger partial charge in [-0.15, -0.1) is 10.2 Å². The van der Waals surface area contributed by atoms with E-state index in [1.165, 1.54) is 11.8 Å². The van der Waals surface area contributed by atoms with E-state index in [4.69, 9.17) is 11.6 Å². The van der Waals surface area contributed by atoms with Crippen molar-refractivity contribution in [2.75, 3.05) is 11.7 Å². The number of aryl methyl sites for hydroxylation is 1. The quantitative estimate of drug-likeness (QED) is 0.879. The lowest BCUT2D eigenvalue weighted by molar-refractivity contribution is -0.116. The van der Waals surface area contributed by atoms with E-state index in [1.54, 1.807) is 23.7 Å². The largest absolute Gasteiger partial charge is 0.273 e. The molecule has 0 atom stereocenters. The predicted molar refractivity (Wildman–Crippen MR) is 76.1 cm³/mol. The number of hydrogen-bond donors (Lipinski definition) is 1. The monoisotopic (exact) mass is 296 g/mol. The van der Waals surface area contributed by atoms with Crippen molar-refractivity contribution < 1.29 is 4.79 Å². The molecule has 1 heterocycles. The van der Waals surface area contributed by atoms with Gasteiger partial charge in [-0.3, -0.25) is 10.2 Å². The summed E-state index contributed by atoms with van der Waals surface area (Å²) in [4.78, 5) is 12.0. The molecular weight excluding hydrogens is 284 g/mol. The second kappa shape index (κ2) is 6.08. The lowest BCUT2D eigenvalue weighted by Gasteiger charge is -2.09. The molecule has 7 heteroatoms. The number of rotatable bonds is 4. The second-order valence-electron chi connectivity index (χ2n) is 3.91. The van der Waals surface area contributed by atoms with Crippen molar-refractivity contribution in [2.45, 2.75) is 18.5 Å². The van der Waals surface area contributed by atoms with Gasteiger partial charge >= 0.3 is 0 Å². The molecule has 0 bridgehead atoms. The van der Waals surface area contributed by atoms with Crippen molar-refractivity contribution in [3.8, 4) is 0 Å².